The first-order valence-corrected chi connectivity index (χ1v) is 10.1. The maximum absolute atomic E-state index is 12.5. The number of rotatable bonds is 6. The summed E-state index contributed by atoms with van der Waals surface area (Å²) in [5.74, 6) is -0.00447. The Morgan fingerprint density at radius 1 is 1.17 bits per heavy atom. The van der Waals surface area contributed by atoms with Crippen molar-refractivity contribution < 1.29 is 14.3 Å². The number of hydrogen-bond donors (Lipinski definition) is 1. The largest absolute Gasteiger partial charge is 0.370 e. The molecule has 1 fully saturated rings. The van der Waals surface area contributed by atoms with Crippen molar-refractivity contribution in [3.05, 3.63) is 70.7 Å². The third-order valence-electron chi connectivity index (χ3n) is 4.90. The molecule has 2 aromatic rings. The summed E-state index contributed by atoms with van der Waals surface area (Å²) >= 11 is 5.93. The molecule has 7 heteroatoms. The summed E-state index contributed by atoms with van der Waals surface area (Å²) in [6.07, 6.45) is 0.0884. The highest BCUT2D eigenvalue weighted by Crippen LogP contribution is 2.23. The van der Waals surface area contributed by atoms with Crippen molar-refractivity contribution in [2.24, 2.45) is 0 Å². The first-order valence-electron chi connectivity index (χ1n) is 9.70. The molecule has 0 saturated carbocycles. The van der Waals surface area contributed by atoms with Gasteiger partial charge in [0.15, 0.2) is 0 Å². The van der Waals surface area contributed by atoms with Crippen LogP contribution in [0.25, 0.3) is 0 Å². The highest BCUT2D eigenvalue weighted by atomic mass is 35.5. The van der Waals surface area contributed by atoms with Gasteiger partial charge in [-0.1, -0.05) is 54.1 Å². The predicted molar refractivity (Wildman–Crippen MR) is 113 cm³/mol. The lowest BCUT2D eigenvalue weighted by molar-refractivity contribution is -0.130. The number of carbonyl (C=O) groups is 2. The van der Waals surface area contributed by atoms with Gasteiger partial charge in [0.05, 0.1) is 13.2 Å². The summed E-state index contributed by atoms with van der Waals surface area (Å²) in [7, 11) is 1.77. The maximum atomic E-state index is 12.5. The van der Waals surface area contributed by atoms with Crippen LogP contribution in [0.3, 0.4) is 0 Å². The van der Waals surface area contributed by atoms with Crippen molar-refractivity contribution in [2.45, 2.75) is 19.1 Å². The second-order valence-corrected chi connectivity index (χ2v) is 7.51. The average Bonchev–Trinajstić information content (AvgIpc) is 2.75. The molecule has 0 spiro atoms. The average molecular weight is 416 g/mol. The minimum Gasteiger partial charge on any atom is -0.370 e. The van der Waals surface area contributed by atoms with Crippen LogP contribution in [-0.4, -0.2) is 55.0 Å². The van der Waals surface area contributed by atoms with Crippen LogP contribution in [0.2, 0.25) is 5.02 Å². The van der Waals surface area contributed by atoms with Gasteiger partial charge < -0.3 is 19.9 Å². The Hall–Kier alpha value is -2.57. The number of halogens is 1. The standard InChI is InChI=1S/C22H26ClN3O3/c1-25(15-17-5-3-2-4-6-17)21(27)11-12-24-22(28)26-13-14-29-20(16-26)18-7-9-19(23)10-8-18/h2-10,20H,11-16H2,1H3,(H,24,28). The van der Waals surface area contributed by atoms with Gasteiger partial charge in [0.1, 0.15) is 6.10 Å². The Morgan fingerprint density at radius 2 is 1.90 bits per heavy atom. The number of nitrogens with one attached hydrogen (secondary N) is 1. The van der Waals surface area contributed by atoms with Crippen LogP contribution in [0, 0.1) is 0 Å². The monoisotopic (exact) mass is 415 g/mol. The molecule has 1 aliphatic rings. The fraction of sp³-hybridized carbons (Fsp3) is 0.364. The zero-order valence-corrected chi connectivity index (χ0v) is 17.3. The highest BCUT2D eigenvalue weighted by molar-refractivity contribution is 6.30. The van der Waals surface area contributed by atoms with E-state index in [0.29, 0.717) is 37.8 Å². The van der Waals surface area contributed by atoms with Gasteiger partial charge in [-0.3, -0.25) is 4.79 Å². The molecule has 1 heterocycles. The smallest absolute Gasteiger partial charge is 0.317 e. The van der Waals surface area contributed by atoms with Crippen LogP contribution in [0.15, 0.2) is 54.6 Å². The van der Waals surface area contributed by atoms with E-state index >= 15 is 0 Å². The summed E-state index contributed by atoms with van der Waals surface area (Å²) in [4.78, 5) is 28.2. The van der Waals surface area contributed by atoms with Crippen molar-refractivity contribution in [3.8, 4) is 0 Å². The topological polar surface area (TPSA) is 61.9 Å². The molecule has 0 aliphatic carbocycles. The molecule has 2 aromatic carbocycles. The van der Waals surface area contributed by atoms with E-state index in [1.165, 1.54) is 0 Å². The normalized spacial score (nSPS) is 16.3. The van der Waals surface area contributed by atoms with E-state index in [0.717, 1.165) is 11.1 Å². The quantitative estimate of drug-likeness (QED) is 0.785. The first kappa shape index (κ1) is 21.1. The number of nitrogens with zero attached hydrogens (tertiary/aromatic N) is 2. The number of benzene rings is 2. The summed E-state index contributed by atoms with van der Waals surface area (Å²) in [5.41, 5.74) is 2.07. The number of morpholine rings is 1. The van der Waals surface area contributed by atoms with Crippen LogP contribution in [0.1, 0.15) is 23.7 Å². The minimum atomic E-state index is -0.176. The van der Waals surface area contributed by atoms with Gasteiger partial charge in [-0.05, 0) is 23.3 Å². The van der Waals surface area contributed by atoms with E-state index in [4.69, 9.17) is 16.3 Å². The third-order valence-corrected chi connectivity index (χ3v) is 5.15. The number of urea groups is 1. The third kappa shape index (κ3) is 6.21. The lowest BCUT2D eigenvalue weighted by Crippen LogP contribution is -2.47. The second-order valence-electron chi connectivity index (χ2n) is 7.07. The van der Waals surface area contributed by atoms with E-state index in [1.807, 2.05) is 54.6 Å². The molecule has 0 aromatic heterocycles. The van der Waals surface area contributed by atoms with Crippen molar-refractivity contribution in [1.29, 1.82) is 0 Å². The Bertz CT molecular complexity index is 814. The summed E-state index contributed by atoms with van der Waals surface area (Å²) in [6, 6.07) is 17.1. The highest BCUT2D eigenvalue weighted by Gasteiger charge is 2.25. The zero-order valence-electron chi connectivity index (χ0n) is 16.5. The van der Waals surface area contributed by atoms with Gasteiger partial charge in [0.2, 0.25) is 5.91 Å². The van der Waals surface area contributed by atoms with Crippen LogP contribution in [0.4, 0.5) is 4.79 Å². The molecule has 3 rings (SSSR count). The van der Waals surface area contributed by atoms with Gasteiger partial charge in [0, 0.05) is 38.1 Å². The van der Waals surface area contributed by atoms with Crippen LogP contribution in [0.5, 0.6) is 0 Å². The van der Waals surface area contributed by atoms with Crippen LogP contribution in [-0.2, 0) is 16.1 Å². The molecule has 0 bridgehead atoms. The van der Waals surface area contributed by atoms with Crippen molar-refractivity contribution >= 4 is 23.5 Å². The molecule has 1 saturated heterocycles. The van der Waals surface area contributed by atoms with E-state index in [2.05, 4.69) is 5.32 Å². The van der Waals surface area contributed by atoms with Crippen LogP contribution < -0.4 is 5.32 Å². The second kappa shape index (κ2) is 10.3. The molecular formula is C22H26ClN3O3. The molecular weight excluding hydrogens is 390 g/mol. The Balaban J connectivity index is 1.42. The predicted octanol–water partition coefficient (Wildman–Crippen LogP) is 3.47. The molecule has 29 heavy (non-hydrogen) atoms. The lowest BCUT2D eigenvalue weighted by Gasteiger charge is -2.33. The Labute approximate surface area is 176 Å². The minimum absolute atomic E-state index is 0.00447. The van der Waals surface area contributed by atoms with Gasteiger partial charge >= 0.3 is 6.03 Å². The fourth-order valence-corrected chi connectivity index (χ4v) is 3.36. The number of hydrogen-bond acceptors (Lipinski definition) is 3. The maximum Gasteiger partial charge on any atom is 0.317 e. The SMILES string of the molecule is CN(Cc1ccccc1)C(=O)CCNC(=O)N1CCOC(c2ccc(Cl)cc2)C1. The Morgan fingerprint density at radius 3 is 2.62 bits per heavy atom. The number of ether oxygens (including phenoxy) is 1. The van der Waals surface area contributed by atoms with Crippen molar-refractivity contribution in [2.75, 3.05) is 33.3 Å². The van der Waals surface area contributed by atoms with Crippen molar-refractivity contribution in [1.82, 2.24) is 15.1 Å². The van der Waals surface area contributed by atoms with E-state index in [1.54, 1.807) is 16.8 Å². The van der Waals surface area contributed by atoms with Crippen molar-refractivity contribution in [3.63, 3.8) is 0 Å². The molecule has 1 N–H and O–H groups in total. The lowest BCUT2D eigenvalue weighted by atomic mass is 10.1. The molecule has 1 aliphatic heterocycles. The fourth-order valence-electron chi connectivity index (χ4n) is 3.24. The molecule has 1 unspecified atom stereocenters. The van der Waals surface area contributed by atoms with Crippen LogP contribution >= 0.6 is 11.6 Å². The summed E-state index contributed by atoms with van der Waals surface area (Å²) in [6.45, 7) is 2.33. The molecule has 6 nitrogen and oxygen atoms in total. The Kier molecular flexibility index (Phi) is 7.49. The molecule has 1 atom stereocenters. The number of carbonyl (C=O) groups excluding carboxylic acids is 2. The van der Waals surface area contributed by atoms with E-state index < -0.39 is 0 Å². The molecule has 154 valence electrons. The van der Waals surface area contributed by atoms with E-state index in [9.17, 15) is 9.59 Å². The summed E-state index contributed by atoms with van der Waals surface area (Å²) in [5, 5.41) is 3.51. The summed E-state index contributed by atoms with van der Waals surface area (Å²) < 4.78 is 5.79. The van der Waals surface area contributed by atoms with E-state index in [-0.39, 0.29) is 24.5 Å². The first-order chi connectivity index (χ1) is 14.0. The molecule has 3 amide bonds. The van der Waals surface area contributed by atoms with Gasteiger partial charge in [-0.25, -0.2) is 4.79 Å². The van der Waals surface area contributed by atoms with Gasteiger partial charge in [-0.15, -0.1) is 0 Å². The molecule has 0 radical (unpaired) electrons. The van der Waals surface area contributed by atoms with Gasteiger partial charge in [-0.2, -0.15) is 0 Å². The zero-order chi connectivity index (χ0) is 20.6. The van der Waals surface area contributed by atoms with Gasteiger partial charge in [0.25, 0.3) is 0 Å². The number of amides is 3.